The van der Waals surface area contributed by atoms with E-state index in [2.05, 4.69) is 20.5 Å². The summed E-state index contributed by atoms with van der Waals surface area (Å²) >= 11 is 0. The monoisotopic (exact) mass is 479 g/mol. The number of carbonyl (C=O) groups is 1. The first-order valence-corrected chi connectivity index (χ1v) is 8.21. The van der Waals surface area contributed by atoms with Crippen molar-refractivity contribution in [1.29, 1.82) is 0 Å². The van der Waals surface area contributed by atoms with Crippen molar-refractivity contribution in [3.8, 4) is 0 Å². The molecule has 1 aliphatic rings. The minimum Gasteiger partial charge on any atom is -0.356 e. The summed E-state index contributed by atoms with van der Waals surface area (Å²) in [6.07, 6.45) is -2.38. The van der Waals surface area contributed by atoms with Gasteiger partial charge in [-0.1, -0.05) is 0 Å². The minimum absolute atomic E-state index is 0. The molecule has 1 fully saturated rings. The fraction of sp³-hybridized carbons (Fsp3) is 0.867. The van der Waals surface area contributed by atoms with Crippen LogP contribution in [0.2, 0.25) is 0 Å². The van der Waals surface area contributed by atoms with Gasteiger partial charge in [-0.2, -0.15) is 13.2 Å². The van der Waals surface area contributed by atoms with Crippen molar-refractivity contribution in [2.45, 2.75) is 37.9 Å². The first kappa shape index (κ1) is 24.2. The van der Waals surface area contributed by atoms with E-state index < -0.39 is 12.6 Å². The topological polar surface area (TPSA) is 60.0 Å². The summed E-state index contributed by atoms with van der Waals surface area (Å²) in [5.41, 5.74) is 0. The SMILES string of the molecule is CN=C(NCCCN1CCCC1C(=O)N(C)C)NCCC(F)(F)F.I. The predicted octanol–water partition coefficient (Wildman–Crippen LogP) is 1.66. The minimum atomic E-state index is -4.17. The number of rotatable bonds is 7. The van der Waals surface area contributed by atoms with Crippen molar-refractivity contribution in [3.05, 3.63) is 0 Å². The van der Waals surface area contributed by atoms with E-state index in [0.717, 1.165) is 32.4 Å². The van der Waals surface area contributed by atoms with Gasteiger partial charge < -0.3 is 15.5 Å². The molecule has 0 aromatic heterocycles. The maximum Gasteiger partial charge on any atom is 0.390 e. The number of halogens is 4. The maximum absolute atomic E-state index is 12.1. The lowest BCUT2D eigenvalue weighted by molar-refractivity contribution is -0.134. The number of alkyl halides is 3. The zero-order chi connectivity index (χ0) is 18.2. The number of aliphatic imine (C=N–C) groups is 1. The van der Waals surface area contributed by atoms with Gasteiger partial charge in [-0.05, 0) is 25.8 Å². The van der Waals surface area contributed by atoms with Gasteiger partial charge in [0, 0.05) is 40.8 Å². The highest BCUT2D eigenvalue weighted by Gasteiger charge is 2.31. The van der Waals surface area contributed by atoms with Gasteiger partial charge in [0.25, 0.3) is 0 Å². The number of nitrogens with zero attached hydrogens (tertiary/aromatic N) is 3. The lowest BCUT2D eigenvalue weighted by atomic mass is 10.2. The lowest BCUT2D eigenvalue weighted by Gasteiger charge is -2.26. The quantitative estimate of drug-likeness (QED) is 0.253. The van der Waals surface area contributed by atoms with E-state index >= 15 is 0 Å². The number of nitrogens with one attached hydrogen (secondary N) is 2. The van der Waals surface area contributed by atoms with Crippen molar-refractivity contribution in [2.75, 3.05) is 47.3 Å². The summed E-state index contributed by atoms with van der Waals surface area (Å²) in [5.74, 6) is 0.492. The average Bonchev–Trinajstić information content (AvgIpc) is 2.95. The molecule has 0 saturated carbocycles. The summed E-state index contributed by atoms with van der Waals surface area (Å²) in [6.45, 7) is 2.07. The molecular weight excluding hydrogens is 450 g/mol. The highest BCUT2D eigenvalue weighted by atomic mass is 127. The Balaban J connectivity index is 0.00000576. The third-order valence-electron chi connectivity index (χ3n) is 3.93. The van der Waals surface area contributed by atoms with Gasteiger partial charge >= 0.3 is 6.18 Å². The predicted molar refractivity (Wildman–Crippen MR) is 103 cm³/mol. The Morgan fingerprint density at radius 2 is 1.92 bits per heavy atom. The van der Waals surface area contributed by atoms with Crippen LogP contribution in [0.15, 0.2) is 4.99 Å². The van der Waals surface area contributed by atoms with Crippen LogP contribution in [0.4, 0.5) is 13.2 Å². The van der Waals surface area contributed by atoms with Crippen LogP contribution in [0.1, 0.15) is 25.7 Å². The third-order valence-corrected chi connectivity index (χ3v) is 3.93. The van der Waals surface area contributed by atoms with Crippen LogP contribution >= 0.6 is 24.0 Å². The van der Waals surface area contributed by atoms with Gasteiger partial charge in [0.05, 0.1) is 12.5 Å². The van der Waals surface area contributed by atoms with Gasteiger partial charge in [0.2, 0.25) is 5.91 Å². The van der Waals surface area contributed by atoms with Crippen molar-refractivity contribution >= 4 is 35.8 Å². The zero-order valence-corrected chi connectivity index (χ0v) is 17.4. The summed E-state index contributed by atoms with van der Waals surface area (Å²) in [7, 11) is 5.04. The first-order chi connectivity index (χ1) is 11.2. The maximum atomic E-state index is 12.1. The highest BCUT2D eigenvalue weighted by molar-refractivity contribution is 14.0. The Hall–Kier alpha value is -0.780. The molecule has 1 heterocycles. The molecule has 1 aliphatic heterocycles. The standard InChI is InChI=1S/C15H28F3N5O.HI/c1-19-14(21-9-7-15(16,17)18)20-8-5-11-23-10-4-6-12(23)13(24)22(2)3;/h12H,4-11H2,1-3H3,(H2,19,20,21);1H. The molecule has 1 rings (SSSR count). The Kier molecular flexibility index (Phi) is 11.4. The first-order valence-electron chi connectivity index (χ1n) is 8.21. The van der Waals surface area contributed by atoms with Gasteiger partial charge in [0.1, 0.15) is 0 Å². The van der Waals surface area contributed by atoms with Crippen LogP contribution in [0.25, 0.3) is 0 Å². The number of likely N-dealkylation sites (N-methyl/N-ethyl adjacent to an activating group) is 1. The molecule has 0 radical (unpaired) electrons. The van der Waals surface area contributed by atoms with Crippen molar-refractivity contribution in [3.63, 3.8) is 0 Å². The number of hydrogen-bond donors (Lipinski definition) is 2. The molecule has 0 aliphatic carbocycles. The fourth-order valence-electron chi connectivity index (χ4n) is 2.70. The molecule has 1 atom stereocenters. The Labute approximate surface area is 164 Å². The summed E-state index contributed by atoms with van der Waals surface area (Å²) in [5, 5.41) is 5.64. The van der Waals surface area contributed by atoms with E-state index in [1.54, 1.807) is 19.0 Å². The van der Waals surface area contributed by atoms with E-state index in [1.807, 2.05) is 0 Å². The largest absolute Gasteiger partial charge is 0.390 e. The van der Waals surface area contributed by atoms with E-state index in [4.69, 9.17) is 0 Å². The van der Waals surface area contributed by atoms with Gasteiger partial charge in [-0.3, -0.25) is 14.7 Å². The zero-order valence-electron chi connectivity index (χ0n) is 15.0. The van der Waals surface area contributed by atoms with Gasteiger partial charge in [-0.25, -0.2) is 0 Å². The molecular formula is C15H29F3IN5O. The molecule has 2 N–H and O–H groups in total. The molecule has 1 saturated heterocycles. The molecule has 148 valence electrons. The molecule has 0 spiro atoms. The van der Waals surface area contributed by atoms with Crippen LogP contribution < -0.4 is 10.6 Å². The Bertz CT molecular complexity index is 432. The number of amides is 1. The average molecular weight is 479 g/mol. The summed E-state index contributed by atoms with van der Waals surface area (Å²) in [4.78, 5) is 19.8. The Morgan fingerprint density at radius 3 is 2.48 bits per heavy atom. The van der Waals surface area contributed by atoms with Crippen molar-refractivity contribution in [2.24, 2.45) is 4.99 Å². The molecule has 25 heavy (non-hydrogen) atoms. The van der Waals surface area contributed by atoms with Crippen LogP contribution in [0.3, 0.4) is 0 Å². The van der Waals surface area contributed by atoms with Crippen LogP contribution in [-0.2, 0) is 4.79 Å². The second kappa shape index (κ2) is 11.8. The van der Waals surface area contributed by atoms with E-state index in [-0.39, 0.29) is 42.5 Å². The molecule has 0 aromatic rings. The van der Waals surface area contributed by atoms with Crippen LogP contribution in [0.5, 0.6) is 0 Å². The molecule has 1 amide bonds. The van der Waals surface area contributed by atoms with E-state index in [1.165, 1.54) is 7.05 Å². The van der Waals surface area contributed by atoms with Crippen molar-refractivity contribution < 1.29 is 18.0 Å². The summed E-state index contributed by atoms with van der Waals surface area (Å²) < 4.78 is 36.3. The fourth-order valence-corrected chi connectivity index (χ4v) is 2.70. The number of likely N-dealkylation sites (tertiary alicyclic amines) is 1. The third kappa shape index (κ3) is 9.47. The van der Waals surface area contributed by atoms with E-state index in [0.29, 0.717) is 12.5 Å². The molecule has 10 heteroatoms. The second-order valence-corrected chi connectivity index (χ2v) is 6.07. The molecule has 6 nitrogen and oxygen atoms in total. The number of hydrogen-bond acceptors (Lipinski definition) is 3. The van der Waals surface area contributed by atoms with Gasteiger partial charge in [0.15, 0.2) is 5.96 Å². The molecule has 1 unspecified atom stereocenters. The van der Waals surface area contributed by atoms with Crippen LogP contribution in [0, 0.1) is 0 Å². The van der Waals surface area contributed by atoms with Crippen molar-refractivity contribution in [1.82, 2.24) is 20.4 Å². The number of carbonyl (C=O) groups excluding carboxylic acids is 1. The Morgan fingerprint density at radius 1 is 1.28 bits per heavy atom. The second-order valence-electron chi connectivity index (χ2n) is 6.07. The normalized spacial score (nSPS) is 18.6. The smallest absolute Gasteiger partial charge is 0.356 e. The summed E-state index contributed by atoms with van der Waals surface area (Å²) in [6, 6.07) is -0.0516. The highest BCUT2D eigenvalue weighted by Crippen LogP contribution is 2.19. The molecule has 0 bridgehead atoms. The lowest BCUT2D eigenvalue weighted by Crippen LogP contribution is -2.44. The van der Waals surface area contributed by atoms with Gasteiger partial charge in [-0.15, -0.1) is 24.0 Å². The molecule has 0 aromatic carbocycles. The van der Waals surface area contributed by atoms with E-state index in [9.17, 15) is 18.0 Å². The van der Waals surface area contributed by atoms with Crippen LogP contribution in [-0.4, -0.2) is 81.2 Å². The number of guanidine groups is 1.